The van der Waals surface area contributed by atoms with E-state index in [0.29, 0.717) is 0 Å². The Morgan fingerprint density at radius 1 is 1.29 bits per heavy atom. The second-order valence-electron chi connectivity index (χ2n) is 2.65. The number of aliphatic hydroxyl groups is 2. The first kappa shape index (κ1) is 12.9. The molecule has 0 saturated heterocycles. The van der Waals surface area contributed by atoms with E-state index in [4.69, 9.17) is 10.2 Å². The highest BCUT2D eigenvalue weighted by Crippen LogP contribution is 1.97. The van der Waals surface area contributed by atoms with Crippen molar-refractivity contribution >= 4 is 11.9 Å². The Morgan fingerprint density at radius 3 is 2.29 bits per heavy atom. The second kappa shape index (κ2) is 6.33. The van der Waals surface area contributed by atoms with Gasteiger partial charge in [-0.05, 0) is 13.8 Å². The molecule has 2 unspecified atom stereocenters. The second-order valence-corrected chi connectivity index (χ2v) is 2.65. The number of rotatable bonds is 5. The molecule has 0 aromatic heterocycles. The van der Waals surface area contributed by atoms with Crippen molar-refractivity contribution in [3.8, 4) is 0 Å². The highest BCUT2D eigenvalue weighted by molar-refractivity contribution is 5.80. The van der Waals surface area contributed by atoms with Crippen molar-refractivity contribution in [2.75, 3.05) is 13.2 Å². The quantitative estimate of drug-likeness (QED) is 0.551. The van der Waals surface area contributed by atoms with E-state index in [2.05, 4.69) is 9.47 Å². The van der Waals surface area contributed by atoms with Crippen LogP contribution in [0.25, 0.3) is 0 Å². The maximum absolute atomic E-state index is 11.0. The average Bonchev–Trinajstić information content (AvgIpc) is 2.13. The number of ether oxygens (including phenoxy) is 2. The van der Waals surface area contributed by atoms with Crippen LogP contribution in [0.5, 0.6) is 0 Å². The third-order valence-electron chi connectivity index (χ3n) is 1.30. The lowest BCUT2D eigenvalue weighted by molar-refractivity contribution is -0.171. The van der Waals surface area contributed by atoms with Gasteiger partial charge in [-0.15, -0.1) is 0 Å². The molecule has 2 N–H and O–H groups in total. The summed E-state index contributed by atoms with van der Waals surface area (Å²) in [6.45, 7) is 2.12. The molecule has 2 atom stereocenters. The molecule has 0 radical (unpaired) electrons. The SMILES string of the molecule is CC(O)C(=O)OC(C)C(=O)OCCO. The lowest BCUT2D eigenvalue weighted by atomic mass is 10.4. The lowest BCUT2D eigenvalue weighted by Crippen LogP contribution is -2.31. The summed E-state index contributed by atoms with van der Waals surface area (Å²) < 4.78 is 9.01. The van der Waals surface area contributed by atoms with Crippen LogP contribution in [0.15, 0.2) is 0 Å². The Labute approximate surface area is 81.4 Å². The normalized spacial score (nSPS) is 14.3. The Hall–Kier alpha value is -1.14. The minimum absolute atomic E-state index is 0.143. The molecule has 0 rings (SSSR count). The first-order valence-corrected chi connectivity index (χ1v) is 4.15. The summed E-state index contributed by atoms with van der Waals surface area (Å²) in [7, 11) is 0. The van der Waals surface area contributed by atoms with E-state index in [1.165, 1.54) is 13.8 Å². The largest absolute Gasteiger partial charge is 0.461 e. The van der Waals surface area contributed by atoms with Crippen molar-refractivity contribution in [3.63, 3.8) is 0 Å². The summed E-state index contributed by atoms with van der Waals surface area (Å²) in [4.78, 5) is 21.8. The molecule has 0 amide bonds. The summed E-state index contributed by atoms with van der Waals surface area (Å²) >= 11 is 0. The van der Waals surface area contributed by atoms with Crippen molar-refractivity contribution in [1.82, 2.24) is 0 Å². The molecule has 0 bridgehead atoms. The number of hydrogen-bond acceptors (Lipinski definition) is 6. The maximum atomic E-state index is 11.0. The van der Waals surface area contributed by atoms with Crippen molar-refractivity contribution < 1.29 is 29.3 Å². The van der Waals surface area contributed by atoms with Crippen molar-refractivity contribution in [3.05, 3.63) is 0 Å². The minimum atomic E-state index is -1.27. The Balaban J connectivity index is 3.89. The van der Waals surface area contributed by atoms with Gasteiger partial charge in [-0.3, -0.25) is 0 Å². The topological polar surface area (TPSA) is 93.1 Å². The lowest BCUT2D eigenvalue weighted by Gasteiger charge is -2.12. The summed E-state index contributed by atoms with van der Waals surface area (Å²) in [5, 5.41) is 17.1. The number of esters is 2. The van der Waals surface area contributed by atoms with Crippen LogP contribution in [0.3, 0.4) is 0 Å². The number of hydrogen-bond donors (Lipinski definition) is 2. The van der Waals surface area contributed by atoms with Gasteiger partial charge < -0.3 is 19.7 Å². The van der Waals surface area contributed by atoms with Gasteiger partial charge in [-0.2, -0.15) is 0 Å². The van der Waals surface area contributed by atoms with E-state index in [1.54, 1.807) is 0 Å². The van der Waals surface area contributed by atoms with Gasteiger partial charge in [0.05, 0.1) is 6.61 Å². The zero-order valence-electron chi connectivity index (χ0n) is 8.10. The maximum Gasteiger partial charge on any atom is 0.347 e. The van der Waals surface area contributed by atoms with Crippen LogP contribution in [0, 0.1) is 0 Å². The summed E-state index contributed by atoms with van der Waals surface area (Å²) in [6, 6.07) is 0. The summed E-state index contributed by atoms with van der Waals surface area (Å²) in [6.07, 6.45) is -2.35. The smallest absolute Gasteiger partial charge is 0.347 e. The Kier molecular flexibility index (Phi) is 5.82. The number of aliphatic hydroxyl groups excluding tert-OH is 2. The summed E-state index contributed by atoms with van der Waals surface area (Å²) in [5.74, 6) is -1.65. The molecule has 0 aromatic carbocycles. The van der Waals surface area contributed by atoms with Crippen LogP contribution in [0.4, 0.5) is 0 Å². The highest BCUT2D eigenvalue weighted by atomic mass is 16.6. The molecule has 0 aliphatic heterocycles. The Bertz CT molecular complexity index is 200. The molecule has 0 saturated carbocycles. The molecule has 0 aliphatic rings. The molecular weight excluding hydrogens is 192 g/mol. The first-order valence-electron chi connectivity index (χ1n) is 4.15. The van der Waals surface area contributed by atoms with Gasteiger partial charge in [0, 0.05) is 0 Å². The Morgan fingerprint density at radius 2 is 1.86 bits per heavy atom. The first-order chi connectivity index (χ1) is 6.49. The molecular formula is C8H14O6. The fraction of sp³-hybridized carbons (Fsp3) is 0.750. The number of carbonyl (C=O) groups is 2. The molecule has 82 valence electrons. The van der Waals surface area contributed by atoms with Gasteiger partial charge in [0.1, 0.15) is 12.7 Å². The van der Waals surface area contributed by atoms with Crippen LogP contribution in [-0.2, 0) is 19.1 Å². The van der Waals surface area contributed by atoms with Crippen molar-refractivity contribution in [2.45, 2.75) is 26.1 Å². The van der Waals surface area contributed by atoms with Gasteiger partial charge in [-0.1, -0.05) is 0 Å². The average molecular weight is 206 g/mol. The van der Waals surface area contributed by atoms with E-state index in [9.17, 15) is 9.59 Å². The molecule has 0 heterocycles. The van der Waals surface area contributed by atoms with Gasteiger partial charge in [-0.25, -0.2) is 9.59 Å². The molecule has 0 spiro atoms. The van der Waals surface area contributed by atoms with E-state index in [1.807, 2.05) is 0 Å². The monoisotopic (exact) mass is 206 g/mol. The van der Waals surface area contributed by atoms with Crippen LogP contribution in [0.1, 0.15) is 13.8 Å². The zero-order valence-corrected chi connectivity index (χ0v) is 8.10. The van der Waals surface area contributed by atoms with Crippen LogP contribution < -0.4 is 0 Å². The molecule has 14 heavy (non-hydrogen) atoms. The van der Waals surface area contributed by atoms with Crippen molar-refractivity contribution in [1.29, 1.82) is 0 Å². The van der Waals surface area contributed by atoms with Crippen molar-refractivity contribution in [2.24, 2.45) is 0 Å². The predicted octanol–water partition coefficient (Wildman–Crippen LogP) is -1.17. The van der Waals surface area contributed by atoms with Crippen LogP contribution in [-0.4, -0.2) is 47.6 Å². The standard InChI is InChI=1S/C8H14O6/c1-5(10)7(11)14-6(2)8(12)13-4-3-9/h5-6,9-10H,3-4H2,1-2H3. The molecule has 0 aromatic rings. The minimum Gasteiger partial charge on any atom is -0.461 e. The zero-order chi connectivity index (χ0) is 11.1. The third-order valence-corrected chi connectivity index (χ3v) is 1.30. The fourth-order valence-corrected chi connectivity index (χ4v) is 0.584. The van der Waals surface area contributed by atoms with Gasteiger partial charge >= 0.3 is 11.9 Å². The fourth-order valence-electron chi connectivity index (χ4n) is 0.584. The van der Waals surface area contributed by atoms with Gasteiger partial charge in [0.2, 0.25) is 0 Å². The van der Waals surface area contributed by atoms with E-state index < -0.39 is 24.1 Å². The van der Waals surface area contributed by atoms with E-state index in [0.717, 1.165) is 0 Å². The van der Waals surface area contributed by atoms with Crippen LogP contribution >= 0.6 is 0 Å². The van der Waals surface area contributed by atoms with Crippen LogP contribution in [0.2, 0.25) is 0 Å². The molecule has 6 heteroatoms. The highest BCUT2D eigenvalue weighted by Gasteiger charge is 2.21. The van der Waals surface area contributed by atoms with Gasteiger partial charge in [0.15, 0.2) is 6.10 Å². The number of carbonyl (C=O) groups excluding carboxylic acids is 2. The molecule has 6 nitrogen and oxygen atoms in total. The molecule has 0 aliphatic carbocycles. The van der Waals surface area contributed by atoms with E-state index >= 15 is 0 Å². The third kappa shape index (κ3) is 4.78. The summed E-state index contributed by atoms with van der Waals surface area (Å²) in [5.41, 5.74) is 0. The van der Waals surface area contributed by atoms with Gasteiger partial charge in [0.25, 0.3) is 0 Å². The predicted molar refractivity (Wildman–Crippen MR) is 45.3 cm³/mol. The van der Waals surface area contributed by atoms with E-state index in [-0.39, 0.29) is 13.2 Å². The molecule has 0 fully saturated rings.